The number of hydrogen-bond acceptors (Lipinski definition) is 3. The molecule has 0 aliphatic rings. The van der Waals surface area contributed by atoms with E-state index in [-0.39, 0.29) is 6.79 Å². The first kappa shape index (κ1) is 8.59. The van der Waals surface area contributed by atoms with E-state index in [0.717, 1.165) is 5.56 Å². The largest absolute Gasteiger partial charge is 0.457 e. The summed E-state index contributed by atoms with van der Waals surface area (Å²) in [4.78, 5) is 9.76. The second-order valence-electron chi connectivity index (χ2n) is 2.34. The minimum atomic E-state index is -0.0348. The van der Waals surface area contributed by atoms with Gasteiger partial charge in [0.25, 0.3) is 6.47 Å². The van der Waals surface area contributed by atoms with Crippen molar-refractivity contribution in [3.8, 4) is 5.75 Å². The van der Waals surface area contributed by atoms with Crippen LogP contribution in [-0.4, -0.2) is 13.3 Å². The maximum atomic E-state index is 9.76. The SMILES string of the molecule is Cc1cccc(OCOC=O)c1. The van der Waals surface area contributed by atoms with Crippen LogP contribution in [0.25, 0.3) is 0 Å². The van der Waals surface area contributed by atoms with Gasteiger partial charge in [0.2, 0.25) is 6.79 Å². The van der Waals surface area contributed by atoms with Crippen molar-refractivity contribution in [3.63, 3.8) is 0 Å². The van der Waals surface area contributed by atoms with Crippen LogP contribution in [0.1, 0.15) is 5.56 Å². The van der Waals surface area contributed by atoms with Gasteiger partial charge in [0.15, 0.2) is 0 Å². The summed E-state index contributed by atoms with van der Waals surface area (Å²) in [6.07, 6.45) is 0. The number of carbonyl (C=O) groups is 1. The molecule has 0 spiro atoms. The number of carbonyl (C=O) groups excluding carboxylic acids is 1. The minimum Gasteiger partial charge on any atom is -0.457 e. The molecular weight excluding hydrogens is 156 g/mol. The van der Waals surface area contributed by atoms with Gasteiger partial charge in [-0.1, -0.05) is 12.1 Å². The molecule has 0 radical (unpaired) electrons. The molecule has 0 N–H and O–H groups in total. The lowest BCUT2D eigenvalue weighted by molar-refractivity contribution is -0.134. The summed E-state index contributed by atoms with van der Waals surface area (Å²) in [5.41, 5.74) is 1.11. The highest BCUT2D eigenvalue weighted by molar-refractivity contribution is 5.36. The normalized spacial score (nSPS) is 9.08. The molecule has 0 unspecified atom stereocenters. The number of hydrogen-bond donors (Lipinski definition) is 0. The van der Waals surface area contributed by atoms with Gasteiger partial charge in [-0.2, -0.15) is 0 Å². The van der Waals surface area contributed by atoms with Crippen molar-refractivity contribution in [1.82, 2.24) is 0 Å². The van der Waals surface area contributed by atoms with Crippen LogP contribution >= 0.6 is 0 Å². The zero-order valence-corrected chi connectivity index (χ0v) is 6.82. The summed E-state index contributed by atoms with van der Waals surface area (Å²) in [6.45, 7) is 2.29. The van der Waals surface area contributed by atoms with E-state index >= 15 is 0 Å². The van der Waals surface area contributed by atoms with E-state index in [2.05, 4.69) is 4.74 Å². The molecule has 3 heteroatoms. The maximum absolute atomic E-state index is 9.76. The van der Waals surface area contributed by atoms with Gasteiger partial charge in [-0.3, -0.25) is 4.79 Å². The third kappa shape index (κ3) is 2.62. The summed E-state index contributed by atoms with van der Waals surface area (Å²) in [5, 5.41) is 0. The molecule has 0 bridgehead atoms. The van der Waals surface area contributed by atoms with Crippen LogP contribution in [0, 0.1) is 6.92 Å². The molecule has 1 rings (SSSR count). The van der Waals surface area contributed by atoms with E-state index < -0.39 is 0 Å². The molecular formula is C9H10O3. The molecule has 1 aromatic carbocycles. The molecule has 0 saturated heterocycles. The Morgan fingerprint density at radius 1 is 1.50 bits per heavy atom. The van der Waals surface area contributed by atoms with Crippen molar-refractivity contribution in [1.29, 1.82) is 0 Å². The zero-order chi connectivity index (χ0) is 8.81. The summed E-state index contributed by atoms with van der Waals surface area (Å²) < 4.78 is 9.45. The standard InChI is InChI=1S/C9H10O3/c1-8-3-2-4-9(5-8)12-7-11-6-10/h2-6H,7H2,1H3. The van der Waals surface area contributed by atoms with Crippen molar-refractivity contribution in [2.75, 3.05) is 6.79 Å². The summed E-state index contributed by atoms with van der Waals surface area (Å²) in [5.74, 6) is 0.705. The fraction of sp³-hybridized carbons (Fsp3) is 0.222. The number of rotatable bonds is 4. The lowest BCUT2D eigenvalue weighted by atomic mass is 10.2. The summed E-state index contributed by atoms with van der Waals surface area (Å²) in [7, 11) is 0. The molecule has 12 heavy (non-hydrogen) atoms. The molecule has 0 aliphatic heterocycles. The Balaban J connectivity index is 2.46. The molecule has 64 valence electrons. The van der Waals surface area contributed by atoms with Gasteiger partial charge in [-0.05, 0) is 24.6 Å². The van der Waals surface area contributed by atoms with Gasteiger partial charge in [-0.15, -0.1) is 0 Å². The topological polar surface area (TPSA) is 35.5 Å². The second kappa shape index (κ2) is 4.38. The van der Waals surface area contributed by atoms with Gasteiger partial charge in [0.1, 0.15) is 5.75 Å². The smallest absolute Gasteiger partial charge is 0.295 e. The average molecular weight is 166 g/mol. The quantitative estimate of drug-likeness (QED) is 0.386. The molecule has 0 atom stereocenters. The Morgan fingerprint density at radius 2 is 2.33 bits per heavy atom. The monoisotopic (exact) mass is 166 g/mol. The Hall–Kier alpha value is -1.51. The molecule has 1 aromatic rings. The van der Waals surface area contributed by atoms with Crippen molar-refractivity contribution in [2.45, 2.75) is 6.92 Å². The molecule has 0 aromatic heterocycles. The van der Waals surface area contributed by atoms with Gasteiger partial charge >= 0.3 is 0 Å². The van der Waals surface area contributed by atoms with Crippen LogP contribution in [0.5, 0.6) is 5.75 Å². The van der Waals surface area contributed by atoms with E-state index in [1.807, 2.05) is 25.1 Å². The van der Waals surface area contributed by atoms with E-state index in [4.69, 9.17) is 4.74 Å². The Labute approximate surface area is 70.9 Å². The van der Waals surface area contributed by atoms with Crippen LogP contribution in [0.2, 0.25) is 0 Å². The minimum absolute atomic E-state index is 0.0348. The maximum Gasteiger partial charge on any atom is 0.295 e. The van der Waals surface area contributed by atoms with Crippen molar-refractivity contribution in [3.05, 3.63) is 29.8 Å². The fourth-order valence-corrected chi connectivity index (χ4v) is 0.835. The fourth-order valence-electron chi connectivity index (χ4n) is 0.835. The Morgan fingerprint density at radius 3 is 3.00 bits per heavy atom. The first-order valence-electron chi connectivity index (χ1n) is 3.57. The van der Waals surface area contributed by atoms with E-state index in [0.29, 0.717) is 12.2 Å². The summed E-state index contributed by atoms with van der Waals surface area (Å²) >= 11 is 0. The predicted octanol–water partition coefficient (Wildman–Crippen LogP) is 1.50. The average Bonchev–Trinajstić information content (AvgIpc) is 2.05. The van der Waals surface area contributed by atoms with Crippen LogP contribution in [0.3, 0.4) is 0 Å². The third-order valence-corrected chi connectivity index (χ3v) is 1.35. The van der Waals surface area contributed by atoms with E-state index in [1.54, 1.807) is 6.07 Å². The number of ether oxygens (including phenoxy) is 2. The highest BCUT2D eigenvalue weighted by Crippen LogP contribution is 2.11. The molecule has 0 amide bonds. The first-order valence-corrected chi connectivity index (χ1v) is 3.57. The van der Waals surface area contributed by atoms with Crippen LogP contribution < -0.4 is 4.74 Å². The highest BCUT2D eigenvalue weighted by atomic mass is 16.7. The first-order chi connectivity index (χ1) is 5.83. The molecule has 3 nitrogen and oxygen atoms in total. The lowest BCUT2D eigenvalue weighted by Crippen LogP contribution is -2.00. The zero-order valence-electron chi connectivity index (χ0n) is 6.82. The Kier molecular flexibility index (Phi) is 3.14. The van der Waals surface area contributed by atoms with Gasteiger partial charge in [-0.25, -0.2) is 0 Å². The molecule has 0 aliphatic carbocycles. The van der Waals surface area contributed by atoms with Crippen LogP contribution in [0.4, 0.5) is 0 Å². The van der Waals surface area contributed by atoms with Crippen molar-refractivity contribution >= 4 is 6.47 Å². The second-order valence-corrected chi connectivity index (χ2v) is 2.34. The van der Waals surface area contributed by atoms with Gasteiger partial charge < -0.3 is 9.47 Å². The third-order valence-electron chi connectivity index (χ3n) is 1.35. The van der Waals surface area contributed by atoms with Crippen molar-refractivity contribution < 1.29 is 14.3 Å². The number of aryl methyl sites for hydroxylation is 1. The van der Waals surface area contributed by atoms with E-state index in [1.165, 1.54) is 0 Å². The van der Waals surface area contributed by atoms with Gasteiger partial charge in [0, 0.05) is 0 Å². The Bertz CT molecular complexity index is 258. The van der Waals surface area contributed by atoms with Gasteiger partial charge in [0.05, 0.1) is 0 Å². The van der Waals surface area contributed by atoms with Crippen LogP contribution in [-0.2, 0) is 9.53 Å². The molecule has 0 fully saturated rings. The highest BCUT2D eigenvalue weighted by Gasteiger charge is 1.91. The van der Waals surface area contributed by atoms with Crippen LogP contribution in [0.15, 0.2) is 24.3 Å². The molecule has 0 saturated carbocycles. The predicted molar refractivity (Wildman–Crippen MR) is 43.8 cm³/mol. The summed E-state index contributed by atoms with van der Waals surface area (Å²) in [6, 6.07) is 7.52. The molecule has 0 heterocycles. The number of benzene rings is 1. The lowest BCUT2D eigenvalue weighted by Gasteiger charge is -2.03. The van der Waals surface area contributed by atoms with E-state index in [9.17, 15) is 4.79 Å². The van der Waals surface area contributed by atoms with Crippen molar-refractivity contribution in [2.24, 2.45) is 0 Å².